The maximum absolute atomic E-state index is 12.1. The van der Waals surface area contributed by atoms with Crippen molar-refractivity contribution in [1.82, 2.24) is 15.3 Å². The summed E-state index contributed by atoms with van der Waals surface area (Å²) in [4.78, 5) is 29.8. The van der Waals surface area contributed by atoms with Crippen LogP contribution in [-0.2, 0) is 11.2 Å². The van der Waals surface area contributed by atoms with E-state index in [2.05, 4.69) is 15.3 Å². The predicted molar refractivity (Wildman–Crippen MR) is 74.3 cm³/mol. The lowest BCUT2D eigenvalue weighted by molar-refractivity contribution is -0.139. The number of amides is 1. The largest absolute Gasteiger partial charge is 0.508 e. The first-order valence-corrected chi connectivity index (χ1v) is 6.34. The fraction of sp³-hybridized carbons (Fsp3) is 0.154. The molecular formula is C13H12ClN3O4. The summed E-state index contributed by atoms with van der Waals surface area (Å²) in [7, 11) is 0. The predicted octanol–water partition coefficient (Wildman–Crippen LogP) is 1.19. The van der Waals surface area contributed by atoms with Gasteiger partial charge in [0, 0.05) is 18.3 Å². The maximum Gasteiger partial charge on any atom is 0.326 e. The molecule has 1 aromatic carbocycles. The minimum atomic E-state index is -1.19. The van der Waals surface area contributed by atoms with Gasteiger partial charge in [-0.15, -0.1) is 0 Å². The van der Waals surface area contributed by atoms with Crippen molar-refractivity contribution in [2.75, 3.05) is 0 Å². The average Bonchev–Trinajstić information content (AvgIpc) is 2.93. The van der Waals surface area contributed by atoms with Crippen LogP contribution in [-0.4, -0.2) is 38.1 Å². The Hall–Kier alpha value is -2.54. The molecule has 0 saturated carbocycles. The molecule has 8 heteroatoms. The first-order chi connectivity index (χ1) is 9.97. The fourth-order valence-electron chi connectivity index (χ4n) is 1.74. The summed E-state index contributed by atoms with van der Waals surface area (Å²) in [6.07, 6.45) is 2.95. The van der Waals surface area contributed by atoms with Crippen molar-refractivity contribution in [3.63, 3.8) is 0 Å². The number of aromatic amines is 1. The molecule has 1 heterocycles. The van der Waals surface area contributed by atoms with Gasteiger partial charge in [-0.2, -0.15) is 0 Å². The number of carbonyl (C=O) groups is 2. The van der Waals surface area contributed by atoms with Gasteiger partial charge in [0.25, 0.3) is 5.91 Å². The highest BCUT2D eigenvalue weighted by Crippen LogP contribution is 2.21. The number of imidazole rings is 1. The second-order valence-electron chi connectivity index (χ2n) is 4.31. The summed E-state index contributed by atoms with van der Waals surface area (Å²) in [5, 5.41) is 21.0. The Labute approximate surface area is 124 Å². The lowest BCUT2D eigenvalue weighted by Gasteiger charge is -2.14. The molecule has 0 bridgehead atoms. The molecule has 21 heavy (non-hydrogen) atoms. The van der Waals surface area contributed by atoms with Crippen LogP contribution in [0.15, 0.2) is 30.7 Å². The van der Waals surface area contributed by atoms with Crippen molar-refractivity contribution in [3.8, 4) is 5.75 Å². The van der Waals surface area contributed by atoms with Gasteiger partial charge in [-0.3, -0.25) is 4.79 Å². The number of hydrogen-bond acceptors (Lipinski definition) is 4. The molecule has 0 unspecified atom stereocenters. The molecular weight excluding hydrogens is 298 g/mol. The number of carboxylic acids is 1. The van der Waals surface area contributed by atoms with Crippen LogP contribution in [0.5, 0.6) is 5.75 Å². The number of H-pyrrole nitrogens is 1. The highest BCUT2D eigenvalue weighted by molar-refractivity contribution is 6.33. The molecule has 7 nitrogen and oxygen atoms in total. The van der Waals surface area contributed by atoms with Gasteiger partial charge in [-0.25, -0.2) is 9.78 Å². The van der Waals surface area contributed by atoms with E-state index in [9.17, 15) is 14.7 Å². The molecule has 0 aliphatic heterocycles. The van der Waals surface area contributed by atoms with Crippen LogP contribution < -0.4 is 5.32 Å². The summed E-state index contributed by atoms with van der Waals surface area (Å²) in [5.74, 6) is -2.00. The van der Waals surface area contributed by atoms with Crippen molar-refractivity contribution in [2.45, 2.75) is 12.5 Å². The summed E-state index contributed by atoms with van der Waals surface area (Å²) in [6, 6.07) is 2.72. The van der Waals surface area contributed by atoms with Gasteiger partial charge >= 0.3 is 5.97 Å². The number of aromatic nitrogens is 2. The zero-order valence-corrected chi connectivity index (χ0v) is 11.5. The molecule has 4 N–H and O–H groups in total. The standard InChI is InChI=1S/C13H12ClN3O4/c14-10-2-1-8(18)4-9(10)12(19)17-11(13(20)21)3-7-5-15-6-16-7/h1-2,4-6,11,18H,3H2,(H,15,16)(H,17,19)(H,20,21)/t11-/m1/s1. The number of phenolic OH excluding ortho intramolecular Hbond substituents is 1. The SMILES string of the molecule is O=C(N[C@H](Cc1cnc[nH]1)C(=O)O)c1cc(O)ccc1Cl. The van der Waals surface area contributed by atoms with Crippen molar-refractivity contribution in [2.24, 2.45) is 0 Å². The number of phenols is 1. The Kier molecular flexibility index (Phi) is 4.44. The van der Waals surface area contributed by atoms with Crippen LogP contribution in [0, 0.1) is 0 Å². The van der Waals surface area contributed by atoms with E-state index < -0.39 is 17.9 Å². The lowest BCUT2D eigenvalue weighted by atomic mass is 10.1. The Morgan fingerprint density at radius 1 is 1.43 bits per heavy atom. The number of nitrogens with zero attached hydrogens (tertiary/aromatic N) is 1. The normalized spacial score (nSPS) is 11.9. The fourth-order valence-corrected chi connectivity index (χ4v) is 1.94. The zero-order valence-electron chi connectivity index (χ0n) is 10.7. The van der Waals surface area contributed by atoms with Crippen LogP contribution in [0.2, 0.25) is 5.02 Å². The van der Waals surface area contributed by atoms with E-state index >= 15 is 0 Å². The third-order valence-electron chi connectivity index (χ3n) is 2.78. The molecule has 2 rings (SSSR count). The molecule has 110 valence electrons. The van der Waals surface area contributed by atoms with Crippen LogP contribution in [0.1, 0.15) is 16.1 Å². The Morgan fingerprint density at radius 3 is 2.81 bits per heavy atom. The van der Waals surface area contributed by atoms with Gasteiger partial charge in [-0.1, -0.05) is 11.6 Å². The number of aliphatic carboxylic acids is 1. The summed E-state index contributed by atoms with van der Waals surface area (Å²) < 4.78 is 0. The smallest absolute Gasteiger partial charge is 0.326 e. The molecule has 0 radical (unpaired) electrons. The summed E-state index contributed by atoms with van der Waals surface area (Å²) in [5.41, 5.74) is 0.581. The quantitative estimate of drug-likeness (QED) is 0.662. The van der Waals surface area contributed by atoms with Crippen LogP contribution in [0.4, 0.5) is 0 Å². The van der Waals surface area contributed by atoms with Gasteiger partial charge in [0.05, 0.1) is 16.9 Å². The molecule has 0 fully saturated rings. The number of carboxylic acid groups (broad SMARTS) is 1. The van der Waals surface area contributed by atoms with Crippen LogP contribution >= 0.6 is 11.6 Å². The third-order valence-corrected chi connectivity index (χ3v) is 3.11. The van der Waals surface area contributed by atoms with E-state index in [1.54, 1.807) is 0 Å². The van der Waals surface area contributed by atoms with Crippen molar-refractivity contribution in [1.29, 1.82) is 0 Å². The lowest BCUT2D eigenvalue weighted by Crippen LogP contribution is -2.42. The van der Waals surface area contributed by atoms with Crippen LogP contribution in [0.3, 0.4) is 0 Å². The molecule has 1 atom stereocenters. The van der Waals surface area contributed by atoms with Gasteiger partial charge in [0.1, 0.15) is 11.8 Å². The first-order valence-electron chi connectivity index (χ1n) is 5.97. The number of nitrogens with one attached hydrogen (secondary N) is 2. The molecule has 0 aliphatic carbocycles. The summed E-state index contributed by atoms with van der Waals surface area (Å²) >= 11 is 5.86. The topological polar surface area (TPSA) is 115 Å². The number of rotatable bonds is 5. The van der Waals surface area contributed by atoms with Gasteiger partial charge in [-0.05, 0) is 18.2 Å². The first kappa shape index (κ1) is 14.9. The zero-order chi connectivity index (χ0) is 15.4. The molecule has 1 aromatic heterocycles. The molecule has 1 amide bonds. The summed E-state index contributed by atoms with van der Waals surface area (Å²) in [6.45, 7) is 0. The Balaban J connectivity index is 2.14. The van der Waals surface area contributed by atoms with E-state index in [-0.39, 0.29) is 22.8 Å². The highest BCUT2D eigenvalue weighted by Gasteiger charge is 2.23. The minimum absolute atomic E-state index is 0.00697. The number of benzene rings is 1. The number of carbonyl (C=O) groups excluding carboxylic acids is 1. The maximum atomic E-state index is 12.1. The molecule has 0 spiro atoms. The van der Waals surface area contributed by atoms with E-state index in [1.807, 2.05) is 0 Å². The van der Waals surface area contributed by atoms with E-state index in [4.69, 9.17) is 16.7 Å². The van der Waals surface area contributed by atoms with Crippen molar-refractivity contribution in [3.05, 3.63) is 47.0 Å². The Morgan fingerprint density at radius 2 is 2.19 bits per heavy atom. The van der Waals surface area contributed by atoms with Gasteiger partial charge in [0.2, 0.25) is 0 Å². The van der Waals surface area contributed by atoms with Crippen molar-refractivity contribution >= 4 is 23.5 Å². The molecule has 0 saturated heterocycles. The average molecular weight is 310 g/mol. The van der Waals surface area contributed by atoms with Crippen molar-refractivity contribution < 1.29 is 19.8 Å². The third kappa shape index (κ3) is 3.73. The number of aromatic hydroxyl groups is 1. The molecule has 2 aromatic rings. The Bertz CT molecular complexity index is 657. The van der Waals surface area contributed by atoms with Gasteiger partial charge < -0.3 is 20.5 Å². The highest BCUT2D eigenvalue weighted by atomic mass is 35.5. The van der Waals surface area contributed by atoms with Crippen LogP contribution in [0.25, 0.3) is 0 Å². The van der Waals surface area contributed by atoms with E-state index in [0.29, 0.717) is 5.69 Å². The number of hydrogen-bond donors (Lipinski definition) is 4. The monoisotopic (exact) mass is 309 g/mol. The molecule has 0 aliphatic rings. The van der Waals surface area contributed by atoms with Gasteiger partial charge in [0.15, 0.2) is 0 Å². The second-order valence-corrected chi connectivity index (χ2v) is 4.72. The van der Waals surface area contributed by atoms with E-state index in [0.717, 1.165) is 0 Å². The van der Waals surface area contributed by atoms with E-state index in [1.165, 1.54) is 30.7 Å². The second kappa shape index (κ2) is 6.27. The number of halogens is 1. The minimum Gasteiger partial charge on any atom is -0.508 e.